The molecular weight excluding hydrogens is 276 g/mol. The zero-order valence-electron chi connectivity index (χ0n) is 14.5. The van der Waals surface area contributed by atoms with Gasteiger partial charge in [-0.25, -0.2) is 0 Å². The summed E-state index contributed by atoms with van der Waals surface area (Å²) in [7, 11) is 0. The number of unbranched alkanes of at least 4 members (excludes halogenated alkanes) is 3. The highest BCUT2D eigenvalue weighted by atomic mass is 14.9. The second kappa shape index (κ2) is 16.2. The van der Waals surface area contributed by atoms with Crippen LogP contribution < -0.4 is 22.1 Å². The molecule has 0 saturated carbocycles. The highest BCUT2D eigenvalue weighted by molar-refractivity contribution is 5.77. The minimum atomic E-state index is 0.677. The first kappa shape index (κ1) is 20.9. The summed E-state index contributed by atoms with van der Waals surface area (Å²) in [5.74, 6) is 1.35. The van der Waals surface area contributed by atoms with Crippen LogP contribution >= 0.6 is 0 Å². The number of hydrogen-bond donors (Lipinski definition) is 4. The van der Waals surface area contributed by atoms with E-state index in [9.17, 15) is 0 Å². The normalized spacial score (nSPS) is 12.8. The number of hydrogen-bond acceptors (Lipinski definition) is 4. The zero-order valence-corrected chi connectivity index (χ0v) is 14.5. The van der Waals surface area contributed by atoms with E-state index in [-0.39, 0.29) is 0 Å². The maximum absolute atomic E-state index is 5.47. The lowest BCUT2D eigenvalue weighted by Crippen LogP contribution is -2.19. The molecule has 0 rings (SSSR count). The summed E-state index contributed by atoms with van der Waals surface area (Å²) in [6, 6.07) is 0. The Kier molecular flexibility index (Phi) is 15.4. The highest BCUT2D eigenvalue weighted by Crippen LogP contribution is 1.97. The molecule has 0 radical (unpaired) electrons. The van der Waals surface area contributed by atoms with Gasteiger partial charge in [-0.05, 0) is 65.7 Å². The van der Waals surface area contributed by atoms with Gasteiger partial charge in [0.25, 0.3) is 0 Å². The molecule has 0 saturated heterocycles. The van der Waals surface area contributed by atoms with Crippen LogP contribution in [0.5, 0.6) is 0 Å². The summed E-state index contributed by atoms with van der Waals surface area (Å²) in [6.45, 7) is 9.60. The number of aliphatic imine (C=N–C) groups is 2. The summed E-state index contributed by atoms with van der Waals surface area (Å²) < 4.78 is 0. The lowest BCUT2D eigenvalue weighted by Gasteiger charge is -2.05. The van der Waals surface area contributed by atoms with Gasteiger partial charge in [0.2, 0.25) is 0 Å². The monoisotopic (exact) mass is 312 g/mol. The van der Waals surface area contributed by atoms with Crippen molar-refractivity contribution in [2.45, 2.75) is 52.4 Å². The molecule has 6 heteroatoms. The van der Waals surface area contributed by atoms with Crippen LogP contribution in [0.15, 0.2) is 9.98 Å². The summed E-state index contributed by atoms with van der Waals surface area (Å²) in [5, 5.41) is 6.89. The van der Waals surface area contributed by atoms with Crippen LogP contribution in [0, 0.1) is 0 Å². The molecule has 0 aliphatic rings. The molecule has 6 N–H and O–H groups in total. The fourth-order valence-electron chi connectivity index (χ4n) is 2.02. The summed E-state index contributed by atoms with van der Waals surface area (Å²) in [6.07, 6.45) is 7.22. The fraction of sp³-hybridized carbons (Fsp3) is 0.875. The molecule has 0 atom stereocenters. The molecule has 6 nitrogen and oxygen atoms in total. The van der Waals surface area contributed by atoms with Gasteiger partial charge in [0.1, 0.15) is 0 Å². The van der Waals surface area contributed by atoms with E-state index in [1.807, 2.05) is 13.8 Å². The molecule has 0 aliphatic heterocycles. The molecule has 0 spiro atoms. The average Bonchev–Trinajstić information content (AvgIpc) is 2.46. The second-order valence-electron chi connectivity index (χ2n) is 5.67. The molecule has 0 aromatic carbocycles. The largest absolute Gasteiger partial charge is 0.388 e. The van der Waals surface area contributed by atoms with Crippen LogP contribution in [0.3, 0.4) is 0 Å². The Bertz CT molecular complexity index is 263. The SMILES string of the molecule is CC(N)=NCCCNCCCCCCNCCCN=C(C)N. The molecule has 0 aromatic rings. The fourth-order valence-corrected chi connectivity index (χ4v) is 2.02. The van der Waals surface area contributed by atoms with E-state index in [0.717, 1.165) is 52.1 Å². The van der Waals surface area contributed by atoms with Gasteiger partial charge in [0.05, 0.1) is 11.7 Å². The summed E-state index contributed by atoms with van der Waals surface area (Å²) in [5.41, 5.74) is 10.9. The van der Waals surface area contributed by atoms with Crippen molar-refractivity contribution in [3.8, 4) is 0 Å². The van der Waals surface area contributed by atoms with E-state index in [0.29, 0.717) is 11.7 Å². The maximum Gasteiger partial charge on any atom is 0.0905 e. The van der Waals surface area contributed by atoms with E-state index in [1.54, 1.807) is 0 Å². The third-order valence-electron chi connectivity index (χ3n) is 3.20. The average molecular weight is 313 g/mol. The molecule has 0 heterocycles. The first-order valence-corrected chi connectivity index (χ1v) is 8.57. The van der Waals surface area contributed by atoms with Gasteiger partial charge in [-0.15, -0.1) is 0 Å². The Labute approximate surface area is 136 Å². The van der Waals surface area contributed by atoms with Crippen molar-refractivity contribution < 1.29 is 0 Å². The van der Waals surface area contributed by atoms with Crippen LogP contribution in [0.2, 0.25) is 0 Å². The van der Waals surface area contributed by atoms with Gasteiger partial charge >= 0.3 is 0 Å². The quantitative estimate of drug-likeness (QED) is 0.208. The lowest BCUT2D eigenvalue weighted by molar-refractivity contribution is 0.556. The van der Waals surface area contributed by atoms with E-state index in [2.05, 4.69) is 20.6 Å². The molecule has 130 valence electrons. The van der Waals surface area contributed by atoms with Crippen molar-refractivity contribution in [3.05, 3.63) is 0 Å². The molecule has 0 unspecified atom stereocenters. The number of nitrogens with two attached hydrogens (primary N) is 2. The van der Waals surface area contributed by atoms with E-state index >= 15 is 0 Å². The first-order chi connectivity index (χ1) is 10.6. The third-order valence-corrected chi connectivity index (χ3v) is 3.20. The number of amidine groups is 2. The predicted molar refractivity (Wildman–Crippen MR) is 97.8 cm³/mol. The smallest absolute Gasteiger partial charge is 0.0905 e. The Morgan fingerprint density at radius 2 is 1.00 bits per heavy atom. The predicted octanol–water partition coefficient (Wildman–Crippen LogP) is 1.26. The summed E-state index contributed by atoms with van der Waals surface area (Å²) >= 11 is 0. The molecule has 0 bridgehead atoms. The van der Waals surface area contributed by atoms with Gasteiger partial charge < -0.3 is 22.1 Å². The first-order valence-electron chi connectivity index (χ1n) is 8.57. The number of rotatable bonds is 15. The standard InChI is InChI=1S/C16H36N6/c1-15(17)21-13-7-11-19-9-5-3-4-6-10-20-12-8-14-22-16(2)18/h19-20H,3-14H2,1-2H3,(H2,17,21)(H2,18,22). The zero-order chi connectivity index (χ0) is 16.5. The van der Waals surface area contributed by atoms with Crippen molar-refractivity contribution >= 4 is 11.7 Å². The highest BCUT2D eigenvalue weighted by Gasteiger charge is 1.92. The molecule has 0 amide bonds. The van der Waals surface area contributed by atoms with Crippen LogP contribution in [0.4, 0.5) is 0 Å². The van der Waals surface area contributed by atoms with Gasteiger partial charge in [-0.1, -0.05) is 12.8 Å². The molecule has 0 aromatic heterocycles. The van der Waals surface area contributed by atoms with Crippen LogP contribution in [-0.2, 0) is 0 Å². The number of nitrogens with one attached hydrogen (secondary N) is 2. The lowest BCUT2D eigenvalue weighted by atomic mass is 10.2. The Balaban J connectivity index is 3.06. The molecule has 22 heavy (non-hydrogen) atoms. The Hall–Kier alpha value is -1.14. The van der Waals surface area contributed by atoms with Crippen molar-refractivity contribution in [2.75, 3.05) is 39.3 Å². The van der Waals surface area contributed by atoms with E-state index in [4.69, 9.17) is 11.5 Å². The van der Waals surface area contributed by atoms with Crippen molar-refractivity contribution in [3.63, 3.8) is 0 Å². The topological polar surface area (TPSA) is 101 Å². The van der Waals surface area contributed by atoms with Crippen molar-refractivity contribution in [1.29, 1.82) is 0 Å². The Morgan fingerprint density at radius 1 is 0.636 bits per heavy atom. The minimum Gasteiger partial charge on any atom is -0.388 e. The number of nitrogens with zero attached hydrogens (tertiary/aromatic N) is 2. The Morgan fingerprint density at radius 3 is 1.36 bits per heavy atom. The molecular formula is C16H36N6. The molecule has 0 aliphatic carbocycles. The van der Waals surface area contributed by atoms with Crippen LogP contribution in [-0.4, -0.2) is 50.9 Å². The third kappa shape index (κ3) is 18.9. The second-order valence-corrected chi connectivity index (χ2v) is 5.67. The minimum absolute atomic E-state index is 0.677. The van der Waals surface area contributed by atoms with Crippen molar-refractivity contribution in [2.24, 2.45) is 21.5 Å². The van der Waals surface area contributed by atoms with Crippen LogP contribution in [0.1, 0.15) is 52.4 Å². The van der Waals surface area contributed by atoms with Gasteiger partial charge in [0.15, 0.2) is 0 Å². The summed E-state index contributed by atoms with van der Waals surface area (Å²) in [4.78, 5) is 8.32. The van der Waals surface area contributed by atoms with Crippen LogP contribution in [0.25, 0.3) is 0 Å². The van der Waals surface area contributed by atoms with E-state index in [1.165, 1.54) is 25.7 Å². The molecule has 0 fully saturated rings. The maximum atomic E-state index is 5.47. The van der Waals surface area contributed by atoms with Gasteiger partial charge in [-0.2, -0.15) is 0 Å². The van der Waals surface area contributed by atoms with E-state index < -0.39 is 0 Å². The van der Waals surface area contributed by atoms with Gasteiger partial charge in [0, 0.05) is 13.1 Å². The van der Waals surface area contributed by atoms with Gasteiger partial charge in [-0.3, -0.25) is 9.98 Å². The van der Waals surface area contributed by atoms with Crippen molar-refractivity contribution in [1.82, 2.24) is 10.6 Å².